The molecular weight excluding hydrogens is 224 g/mol. The standard InChI is InChI=1S/C14H18N4/c1-8-6-10(3)13(18-7-8)12(15)11-9(2)4-5-17-14(11)16/h4-7,12H,15H2,1-3H3,(H2,16,17). The number of hydrogen-bond donors (Lipinski definition) is 2. The molecule has 0 bridgehead atoms. The third-order valence-corrected chi connectivity index (χ3v) is 3.10. The van der Waals surface area contributed by atoms with Crippen molar-refractivity contribution in [1.29, 1.82) is 0 Å². The number of pyridine rings is 2. The van der Waals surface area contributed by atoms with Gasteiger partial charge in [-0.2, -0.15) is 0 Å². The molecule has 0 fully saturated rings. The Morgan fingerprint density at radius 2 is 1.83 bits per heavy atom. The summed E-state index contributed by atoms with van der Waals surface area (Å²) in [5.74, 6) is 0.476. The molecule has 94 valence electrons. The van der Waals surface area contributed by atoms with Crippen LogP contribution in [0.1, 0.15) is 34.0 Å². The first kappa shape index (κ1) is 12.5. The molecule has 2 heterocycles. The van der Waals surface area contributed by atoms with Gasteiger partial charge in [0.1, 0.15) is 5.82 Å². The SMILES string of the molecule is Cc1cnc(C(N)c2c(C)ccnc2N)c(C)c1. The van der Waals surface area contributed by atoms with Crippen LogP contribution in [0, 0.1) is 20.8 Å². The Morgan fingerprint density at radius 1 is 1.11 bits per heavy atom. The molecule has 0 aliphatic carbocycles. The number of aryl methyl sites for hydroxylation is 3. The number of hydrogen-bond acceptors (Lipinski definition) is 4. The Kier molecular flexibility index (Phi) is 3.30. The fraction of sp³-hybridized carbons (Fsp3) is 0.286. The number of aromatic nitrogens is 2. The minimum atomic E-state index is -0.334. The number of anilines is 1. The first-order valence-electron chi connectivity index (χ1n) is 5.90. The lowest BCUT2D eigenvalue weighted by atomic mass is 9.97. The highest BCUT2D eigenvalue weighted by atomic mass is 14.9. The molecule has 0 saturated carbocycles. The van der Waals surface area contributed by atoms with Gasteiger partial charge in [-0.3, -0.25) is 4.98 Å². The first-order valence-corrected chi connectivity index (χ1v) is 5.90. The van der Waals surface area contributed by atoms with Crippen molar-refractivity contribution in [3.63, 3.8) is 0 Å². The fourth-order valence-corrected chi connectivity index (χ4v) is 2.18. The summed E-state index contributed by atoms with van der Waals surface area (Å²) in [5, 5.41) is 0. The predicted octanol–water partition coefficient (Wildman–Crippen LogP) is 2.03. The van der Waals surface area contributed by atoms with E-state index in [2.05, 4.69) is 16.0 Å². The lowest BCUT2D eigenvalue weighted by Crippen LogP contribution is -2.18. The van der Waals surface area contributed by atoms with E-state index in [1.54, 1.807) is 6.20 Å². The third kappa shape index (κ3) is 2.19. The van der Waals surface area contributed by atoms with Gasteiger partial charge in [0.05, 0.1) is 11.7 Å². The molecule has 0 aromatic carbocycles. The lowest BCUT2D eigenvalue weighted by molar-refractivity contribution is 0.806. The van der Waals surface area contributed by atoms with Crippen molar-refractivity contribution < 1.29 is 0 Å². The quantitative estimate of drug-likeness (QED) is 0.844. The van der Waals surface area contributed by atoms with Crippen molar-refractivity contribution in [2.75, 3.05) is 5.73 Å². The molecule has 1 atom stereocenters. The van der Waals surface area contributed by atoms with Crippen LogP contribution in [0.4, 0.5) is 5.82 Å². The molecule has 2 aromatic rings. The van der Waals surface area contributed by atoms with Gasteiger partial charge in [0.15, 0.2) is 0 Å². The summed E-state index contributed by atoms with van der Waals surface area (Å²) >= 11 is 0. The first-order chi connectivity index (χ1) is 8.50. The lowest BCUT2D eigenvalue weighted by Gasteiger charge is -2.17. The zero-order chi connectivity index (χ0) is 13.3. The molecular formula is C14H18N4. The van der Waals surface area contributed by atoms with Gasteiger partial charge in [0.25, 0.3) is 0 Å². The summed E-state index contributed by atoms with van der Waals surface area (Å²) in [5.41, 5.74) is 17.2. The maximum atomic E-state index is 6.29. The Balaban J connectivity index is 2.51. The van der Waals surface area contributed by atoms with Crippen molar-refractivity contribution in [2.24, 2.45) is 5.73 Å². The Hall–Kier alpha value is -1.94. The monoisotopic (exact) mass is 242 g/mol. The van der Waals surface area contributed by atoms with Gasteiger partial charge in [-0.15, -0.1) is 0 Å². The van der Waals surface area contributed by atoms with Gasteiger partial charge >= 0.3 is 0 Å². The number of rotatable bonds is 2. The van der Waals surface area contributed by atoms with Crippen molar-refractivity contribution >= 4 is 5.82 Å². The largest absolute Gasteiger partial charge is 0.383 e. The van der Waals surface area contributed by atoms with Crippen LogP contribution in [-0.2, 0) is 0 Å². The average Bonchev–Trinajstić information content (AvgIpc) is 2.28. The minimum Gasteiger partial charge on any atom is -0.383 e. The molecule has 4 heteroatoms. The summed E-state index contributed by atoms with van der Waals surface area (Å²) in [7, 11) is 0. The van der Waals surface area contributed by atoms with Crippen LogP contribution in [-0.4, -0.2) is 9.97 Å². The zero-order valence-corrected chi connectivity index (χ0v) is 10.9. The molecule has 0 spiro atoms. The smallest absolute Gasteiger partial charge is 0.128 e. The Morgan fingerprint density at radius 3 is 2.44 bits per heavy atom. The van der Waals surface area contributed by atoms with Crippen molar-refractivity contribution in [1.82, 2.24) is 9.97 Å². The number of nitrogens with zero attached hydrogens (tertiary/aromatic N) is 2. The molecule has 1 unspecified atom stereocenters. The van der Waals surface area contributed by atoms with E-state index in [1.165, 1.54) is 0 Å². The summed E-state index contributed by atoms with van der Waals surface area (Å²) < 4.78 is 0. The van der Waals surface area contributed by atoms with Gasteiger partial charge in [-0.25, -0.2) is 4.98 Å². The van der Waals surface area contributed by atoms with E-state index in [4.69, 9.17) is 11.5 Å². The van der Waals surface area contributed by atoms with Crippen molar-refractivity contribution in [2.45, 2.75) is 26.8 Å². The van der Waals surface area contributed by atoms with E-state index >= 15 is 0 Å². The van der Waals surface area contributed by atoms with Crippen LogP contribution in [0.25, 0.3) is 0 Å². The molecule has 2 aromatic heterocycles. The van der Waals surface area contributed by atoms with Gasteiger partial charge in [-0.1, -0.05) is 6.07 Å². The maximum absolute atomic E-state index is 6.29. The second-order valence-corrected chi connectivity index (χ2v) is 4.62. The highest BCUT2D eigenvalue weighted by molar-refractivity contribution is 5.49. The Bertz CT molecular complexity index is 558. The zero-order valence-electron chi connectivity index (χ0n) is 10.9. The summed E-state index contributed by atoms with van der Waals surface area (Å²) in [6.07, 6.45) is 3.51. The van der Waals surface area contributed by atoms with Gasteiger partial charge < -0.3 is 11.5 Å². The van der Waals surface area contributed by atoms with Gasteiger partial charge in [-0.05, 0) is 43.5 Å². The van der Waals surface area contributed by atoms with E-state index in [1.807, 2.05) is 33.0 Å². The van der Waals surface area contributed by atoms with Crippen LogP contribution in [0.15, 0.2) is 24.5 Å². The average molecular weight is 242 g/mol. The molecule has 0 aliphatic rings. The van der Waals surface area contributed by atoms with E-state index < -0.39 is 0 Å². The van der Waals surface area contributed by atoms with Crippen LogP contribution >= 0.6 is 0 Å². The molecule has 0 aliphatic heterocycles. The maximum Gasteiger partial charge on any atom is 0.128 e. The van der Waals surface area contributed by atoms with E-state index in [0.29, 0.717) is 5.82 Å². The van der Waals surface area contributed by atoms with Gasteiger partial charge in [0, 0.05) is 18.0 Å². The molecule has 18 heavy (non-hydrogen) atoms. The molecule has 0 saturated heterocycles. The van der Waals surface area contributed by atoms with Crippen molar-refractivity contribution in [3.05, 3.63) is 52.5 Å². The minimum absolute atomic E-state index is 0.334. The molecule has 2 rings (SSSR count). The molecule has 4 nitrogen and oxygen atoms in total. The summed E-state index contributed by atoms with van der Waals surface area (Å²) in [6.45, 7) is 6.01. The van der Waals surface area contributed by atoms with Gasteiger partial charge in [0.2, 0.25) is 0 Å². The highest BCUT2D eigenvalue weighted by Gasteiger charge is 2.18. The van der Waals surface area contributed by atoms with Crippen molar-refractivity contribution in [3.8, 4) is 0 Å². The van der Waals surface area contributed by atoms with Crippen LogP contribution in [0.5, 0.6) is 0 Å². The predicted molar refractivity (Wildman–Crippen MR) is 73.1 cm³/mol. The Labute approximate surface area is 107 Å². The van der Waals surface area contributed by atoms with E-state index in [9.17, 15) is 0 Å². The molecule has 0 amide bonds. The van der Waals surface area contributed by atoms with Crippen LogP contribution < -0.4 is 11.5 Å². The topological polar surface area (TPSA) is 77.8 Å². The molecule has 0 radical (unpaired) electrons. The summed E-state index contributed by atoms with van der Waals surface area (Å²) in [6, 6.07) is 3.65. The fourth-order valence-electron chi connectivity index (χ4n) is 2.18. The highest BCUT2D eigenvalue weighted by Crippen LogP contribution is 2.27. The third-order valence-electron chi connectivity index (χ3n) is 3.10. The van der Waals surface area contributed by atoms with E-state index in [0.717, 1.165) is 27.9 Å². The molecule has 4 N–H and O–H groups in total. The van der Waals surface area contributed by atoms with E-state index in [-0.39, 0.29) is 6.04 Å². The second-order valence-electron chi connectivity index (χ2n) is 4.62. The number of nitrogen functional groups attached to an aromatic ring is 1. The summed E-state index contributed by atoms with van der Waals surface area (Å²) in [4.78, 5) is 8.53. The second kappa shape index (κ2) is 4.74. The van der Waals surface area contributed by atoms with Crippen LogP contribution in [0.2, 0.25) is 0 Å². The number of nitrogens with two attached hydrogens (primary N) is 2. The van der Waals surface area contributed by atoms with Crippen LogP contribution in [0.3, 0.4) is 0 Å². The normalized spacial score (nSPS) is 12.4.